The predicted octanol–water partition coefficient (Wildman–Crippen LogP) is 12.6. The highest BCUT2D eigenvalue weighted by Gasteiger charge is 2.45. The first-order valence-electron chi connectivity index (χ1n) is 16.8. The second-order valence-corrected chi connectivity index (χ2v) is 14.3. The van der Waals surface area contributed by atoms with E-state index in [1.165, 1.54) is 87.0 Å². The third-order valence-corrected chi connectivity index (χ3v) is 12.0. The number of hydrogen-bond donors (Lipinski definition) is 0. The molecule has 48 heavy (non-hydrogen) atoms. The van der Waals surface area contributed by atoms with E-state index in [0.29, 0.717) is 0 Å². The van der Waals surface area contributed by atoms with E-state index in [9.17, 15) is 0 Å². The zero-order valence-electron chi connectivity index (χ0n) is 26.7. The van der Waals surface area contributed by atoms with E-state index in [1.54, 1.807) is 0 Å². The summed E-state index contributed by atoms with van der Waals surface area (Å²) in [6, 6.07) is 63.7. The molecule has 0 bridgehead atoms. The van der Waals surface area contributed by atoms with E-state index in [0.717, 1.165) is 0 Å². The van der Waals surface area contributed by atoms with Crippen LogP contribution in [0.15, 0.2) is 180 Å². The average Bonchev–Trinajstić information content (AvgIpc) is 3.15. The standard InChI is InChI=1S/C47H32S/c1-30-37-18-7-8-22-42(37)47(35-16-3-2-4-17-35,43-29-34-13-6-5-12-33(34)28-41(30)43)36-26-24-31(25-27-36)38-19-11-21-40-39-20-9-14-32-15-10-23-44(45(32)39)48-46(38)40/h2-30H,1H3/t30-,47?/m1/s1. The first-order valence-corrected chi connectivity index (χ1v) is 17.7. The minimum atomic E-state index is -0.457. The van der Waals surface area contributed by atoms with Gasteiger partial charge in [0.2, 0.25) is 0 Å². The fourth-order valence-corrected chi connectivity index (χ4v) is 9.94. The van der Waals surface area contributed by atoms with Crippen LogP contribution in [0.25, 0.3) is 43.8 Å². The van der Waals surface area contributed by atoms with Gasteiger partial charge >= 0.3 is 0 Å². The van der Waals surface area contributed by atoms with Gasteiger partial charge in [-0.3, -0.25) is 0 Å². The van der Waals surface area contributed by atoms with E-state index < -0.39 is 5.41 Å². The van der Waals surface area contributed by atoms with Crippen molar-refractivity contribution >= 4 is 33.3 Å². The van der Waals surface area contributed by atoms with Gasteiger partial charge in [-0.05, 0) is 83.9 Å². The van der Waals surface area contributed by atoms with Crippen LogP contribution in [-0.4, -0.2) is 0 Å². The maximum Gasteiger partial charge on any atom is 0.0707 e. The molecule has 2 atom stereocenters. The molecule has 8 aromatic rings. The van der Waals surface area contributed by atoms with E-state index in [1.807, 2.05) is 11.8 Å². The molecule has 1 aliphatic heterocycles. The molecule has 8 aromatic carbocycles. The number of fused-ring (bicyclic) bond motifs is 5. The SMILES string of the molecule is C[C@@H]1c2ccccc2C(c2ccccc2)(c2ccc(-c3cccc4c3Sc3cccc5cccc-4c35)cc2)c2cc3ccccc3cc21. The van der Waals surface area contributed by atoms with Crippen molar-refractivity contribution in [1.29, 1.82) is 0 Å². The number of benzene rings is 8. The summed E-state index contributed by atoms with van der Waals surface area (Å²) in [5.74, 6) is 0.289. The molecule has 0 saturated heterocycles. The highest BCUT2D eigenvalue weighted by Crippen LogP contribution is 2.56. The summed E-state index contributed by atoms with van der Waals surface area (Å²) >= 11 is 1.91. The molecule has 0 nitrogen and oxygen atoms in total. The van der Waals surface area contributed by atoms with Crippen LogP contribution < -0.4 is 0 Å². The van der Waals surface area contributed by atoms with Crippen molar-refractivity contribution < 1.29 is 0 Å². The molecule has 0 fully saturated rings. The maximum absolute atomic E-state index is 2.47. The largest absolute Gasteiger partial charge is 0.0881 e. The first-order chi connectivity index (χ1) is 23.7. The van der Waals surface area contributed by atoms with Gasteiger partial charge in [-0.25, -0.2) is 0 Å². The van der Waals surface area contributed by atoms with E-state index in [2.05, 4.69) is 177 Å². The lowest BCUT2D eigenvalue weighted by molar-refractivity contribution is 0.672. The molecule has 1 heterocycles. The first kappa shape index (κ1) is 27.7. The third kappa shape index (κ3) is 3.86. The van der Waals surface area contributed by atoms with Crippen molar-refractivity contribution in [3.05, 3.63) is 203 Å². The Bertz CT molecular complexity index is 2540. The van der Waals surface area contributed by atoms with Gasteiger partial charge in [-0.2, -0.15) is 0 Å². The zero-order valence-corrected chi connectivity index (χ0v) is 27.5. The highest BCUT2D eigenvalue weighted by atomic mass is 32.2. The Morgan fingerprint density at radius 1 is 0.458 bits per heavy atom. The van der Waals surface area contributed by atoms with Gasteiger partial charge in [-0.15, -0.1) is 0 Å². The maximum atomic E-state index is 2.47. The van der Waals surface area contributed by atoms with Gasteiger partial charge in [0.25, 0.3) is 0 Å². The lowest BCUT2D eigenvalue weighted by Crippen LogP contribution is -2.37. The summed E-state index contributed by atoms with van der Waals surface area (Å²) in [4.78, 5) is 2.67. The predicted molar refractivity (Wildman–Crippen MR) is 202 cm³/mol. The summed E-state index contributed by atoms with van der Waals surface area (Å²) in [6.45, 7) is 2.37. The lowest BCUT2D eigenvalue weighted by Gasteiger charge is -2.44. The van der Waals surface area contributed by atoms with Crippen molar-refractivity contribution in [3.63, 3.8) is 0 Å². The fraction of sp³-hybridized carbons (Fsp3) is 0.0638. The van der Waals surface area contributed by atoms with Gasteiger partial charge in [0.15, 0.2) is 0 Å². The van der Waals surface area contributed by atoms with Crippen LogP contribution in [0.1, 0.15) is 46.2 Å². The Hall–Kier alpha value is -5.37. The van der Waals surface area contributed by atoms with Crippen LogP contribution in [0.2, 0.25) is 0 Å². The van der Waals surface area contributed by atoms with Gasteiger partial charge < -0.3 is 0 Å². The fourth-order valence-electron chi connectivity index (χ4n) is 8.66. The van der Waals surface area contributed by atoms with E-state index in [4.69, 9.17) is 0 Å². The van der Waals surface area contributed by atoms with Crippen LogP contribution in [0.5, 0.6) is 0 Å². The van der Waals surface area contributed by atoms with Crippen LogP contribution in [0.4, 0.5) is 0 Å². The van der Waals surface area contributed by atoms with Crippen molar-refractivity contribution in [2.75, 3.05) is 0 Å². The molecule has 10 rings (SSSR count). The van der Waals surface area contributed by atoms with Gasteiger partial charge in [-0.1, -0.05) is 176 Å². The Kier molecular flexibility index (Phi) is 6.10. The smallest absolute Gasteiger partial charge is 0.0707 e. The molecular formula is C47H32S. The van der Waals surface area contributed by atoms with Gasteiger partial charge in [0.1, 0.15) is 0 Å². The minimum Gasteiger partial charge on any atom is -0.0881 e. The minimum absolute atomic E-state index is 0.289. The Morgan fingerprint density at radius 2 is 1.08 bits per heavy atom. The van der Waals surface area contributed by atoms with Crippen molar-refractivity contribution in [1.82, 2.24) is 0 Å². The molecule has 0 aromatic heterocycles. The average molecular weight is 629 g/mol. The molecule has 0 N–H and O–H groups in total. The molecule has 2 aliphatic rings. The molecule has 1 heteroatoms. The molecule has 0 radical (unpaired) electrons. The summed E-state index contributed by atoms with van der Waals surface area (Å²) in [5.41, 5.74) is 12.9. The third-order valence-electron chi connectivity index (χ3n) is 10.8. The second kappa shape index (κ2) is 10.6. The molecule has 0 amide bonds. The zero-order chi connectivity index (χ0) is 31.8. The van der Waals surface area contributed by atoms with E-state index in [-0.39, 0.29) is 5.92 Å². The van der Waals surface area contributed by atoms with Crippen LogP contribution in [0, 0.1) is 0 Å². The number of rotatable bonds is 3. The lowest BCUT2D eigenvalue weighted by atomic mass is 9.57. The molecular weight excluding hydrogens is 597 g/mol. The quantitative estimate of drug-likeness (QED) is 0.188. The Labute approximate surface area is 285 Å². The summed E-state index contributed by atoms with van der Waals surface area (Å²) < 4.78 is 0. The topological polar surface area (TPSA) is 0 Å². The summed E-state index contributed by atoms with van der Waals surface area (Å²) in [7, 11) is 0. The Morgan fingerprint density at radius 3 is 1.92 bits per heavy atom. The van der Waals surface area contributed by atoms with Crippen LogP contribution in [0.3, 0.4) is 0 Å². The normalized spacial score (nSPS) is 17.5. The molecule has 1 unspecified atom stereocenters. The van der Waals surface area contributed by atoms with Crippen LogP contribution in [-0.2, 0) is 5.41 Å². The second-order valence-electron chi connectivity index (χ2n) is 13.2. The van der Waals surface area contributed by atoms with Crippen LogP contribution >= 0.6 is 11.8 Å². The molecule has 0 saturated carbocycles. The molecule has 1 aliphatic carbocycles. The highest BCUT2D eigenvalue weighted by molar-refractivity contribution is 8.00. The molecule has 226 valence electrons. The van der Waals surface area contributed by atoms with Gasteiger partial charge in [0.05, 0.1) is 5.41 Å². The van der Waals surface area contributed by atoms with Crippen molar-refractivity contribution in [2.24, 2.45) is 0 Å². The van der Waals surface area contributed by atoms with Crippen molar-refractivity contribution in [3.8, 4) is 22.3 Å². The van der Waals surface area contributed by atoms with Gasteiger partial charge in [0, 0.05) is 21.1 Å². The summed E-state index contributed by atoms with van der Waals surface area (Å²) in [6.07, 6.45) is 0. The van der Waals surface area contributed by atoms with E-state index >= 15 is 0 Å². The monoisotopic (exact) mass is 628 g/mol. The number of hydrogen-bond acceptors (Lipinski definition) is 1. The van der Waals surface area contributed by atoms with Crippen molar-refractivity contribution in [2.45, 2.75) is 28.0 Å². The molecule has 0 spiro atoms. The summed E-state index contributed by atoms with van der Waals surface area (Å²) in [5, 5.41) is 5.25. The Balaban J connectivity index is 1.21.